The van der Waals surface area contributed by atoms with Crippen LogP contribution in [0, 0.1) is 5.41 Å². The lowest BCUT2D eigenvalue weighted by Crippen LogP contribution is -2.00. The van der Waals surface area contributed by atoms with Crippen molar-refractivity contribution >= 4 is 0 Å². The van der Waals surface area contributed by atoms with E-state index in [0.717, 1.165) is 12.8 Å². The van der Waals surface area contributed by atoms with E-state index in [1.807, 2.05) is 20.8 Å². The number of halogens is 2. The van der Waals surface area contributed by atoms with Gasteiger partial charge in [-0.1, -0.05) is 20.8 Å². The molecule has 0 aromatic heterocycles. The summed E-state index contributed by atoms with van der Waals surface area (Å²) in [6.07, 6.45) is 0.00398. The van der Waals surface area contributed by atoms with E-state index in [0.29, 0.717) is 0 Å². The summed E-state index contributed by atoms with van der Waals surface area (Å²) in [4.78, 5) is 0. The highest BCUT2D eigenvalue weighted by atomic mass is 19.3. The SMILES string of the molecule is CC.CC1(CC(F)F)CC1. The molecule has 0 saturated heterocycles. The molecule has 0 spiro atoms. The molecule has 0 aromatic carbocycles. The highest BCUT2D eigenvalue weighted by molar-refractivity contribution is 4.88. The smallest absolute Gasteiger partial charge is 0.211 e. The Morgan fingerprint density at radius 1 is 1.30 bits per heavy atom. The van der Waals surface area contributed by atoms with Crippen molar-refractivity contribution in [2.45, 2.75) is 46.5 Å². The molecule has 1 rings (SSSR count). The van der Waals surface area contributed by atoms with Crippen LogP contribution in [0.3, 0.4) is 0 Å². The summed E-state index contributed by atoms with van der Waals surface area (Å²) in [5.74, 6) is 0. The minimum Gasteiger partial charge on any atom is -0.211 e. The predicted octanol–water partition coefficient (Wildman–Crippen LogP) is 3.47. The van der Waals surface area contributed by atoms with Crippen LogP contribution in [0.15, 0.2) is 0 Å². The van der Waals surface area contributed by atoms with E-state index in [1.54, 1.807) is 0 Å². The maximum atomic E-state index is 11.6. The Labute approximate surface area is 61.6 Å². The average molecular weight is 150 g/mol. The zero-order valence-electron chi connectivity index (χ0n) is 6.95. The van der Waals surface area contributed by atoms with E-state index in [9.17, 15) is 8.78 Å². The topological polar surface area (TPSA) is 0 Å². The molecule has 0 radical (unpaired) electrons. The first-order chi connectivity index (χ1) is 4.62. The molecule has 0 amide bonds. The monoisotopic (exact) mass is 150 g/mol. The second-order valence-electron chi connectivity index (χ2n) is 2.91. The van der Waals surface area contributed by atoms with Gasteiger partial charge < -0.3 is 0 Å². The minimum atomic E-state index is -2.09. The van der Waals surface area contributed by atoms with Crippen molar-refractivity contribution in [3.05, 3.63) is 0 Å². The molecule has 1 aliphatic rings. The largest absolute Gasteiger partial charge is 0.239 e. The van der Waals surface area contributed by atoms with E-state index in [2.05, 4.69) is 0 Å². The summed E-state index contributed by atoms with van der Waals surface area (Å²) in [6, 6.07) is 0. The zero-order valence-corrected chi connectivity index (χ0v) is 6.95. The molecule has 0 N–H and O–H groups in total. The van der Waals surface area contributed by atoms with Crippen LogP contribution >= 0.6 is 0 Å². The van der Waals surface area contributed by atoms with Crippen LogP contribution in [0.4, 0.5) is 8.78 Å². The van der Waals surface area contributed by atoms with Crippen LogP contribution < -0.4 is 0 Å². The molecule has 62 valence electrons. The fourth-order valence-corrected chi connectivity index (χ4v) is 0.790. The third kappa shape index (κ3) is 3.80. The molecule has 1 fully saturated rings. The van der Waals surface area contributed by atoms with Gasteiger partial charge >= 0.3 is 0 Å². The van der Waals surface area contributed by atoms with Crippen molar-refractivity contribution in [1.82, 2.24) is 0 Å². The molecular formula is C8H16F2. The van der Waals surface area contributed by atoms with Crippen molar-refractivity contribution < 1.29 is 8.78 Å². The van der Waals surface area contributed by atoms with Gasteiger partial charge in [0, 0.05) is 6.42 Å². The number of hydrogen-bond donors (Lipinski definition) is 0. The van der Waals surface area contributed by atoms with Gasteiger partial charge in [-0.25, -0.2) is 8.78 Å². The van der Waals surface area contributed by atoms with Gasteiger partial charge in [0.1, 0.15) is 0 Å². The summed E-state index contributed by atoms with van der Waals surface area (Å²) in [5.41, 5.74) is 0.0220. The van der Waals surface area contributed by atoms with Crippen LogP contribution in [0.2, 0.25) is 0 Å². The maximum absolute atomic E-state index is 11.6. The number of alkyl halides is 2. The standard InChI is InChI=1S/C6H10F2.C2H6/c1-6(2-3-6)4-5(7)8;1-2/h5H,2-4H2,1H3;1-2H3. The lowest BCUT2D eigenvalue weighted by Gasteiger charge is -2.03. The molecule has 0 unspecified atom stereocenters. The van der Waals surface area contributed by atoms with Gasteiger partial charge in [0.25, 0.3) is 0 Å². The van der Waals surface area contributed by atoms with Crippen molar-refractivity contribution in [2.75, 3.05) is 0 Å². The Balaban J connectivity index is 0.000000371. The first-order valence-electron chi connectivity index (χ1n) is 3.91. The fraction of sp³-hybridized carbons (Fsp3) is 1.00. The molecule has 1 aliphatic carbocycles. The molecule has 0 aliphatic heterocycles. The summed E-state index contributed by atoms with van der Waals surface area (Å²) in [5, 5.41) is 0. The molecule has 0 aromatic rings. The van der Waals surface area contributed by atoms with Gasteiger partial charge in [0.15, 0.2) is 0 Å². The van der Waals surface area contributed by atoms with Crippen molar-refractivity contribution in [2.24, 2.45) is 5.41 Å². The zero-order chi connectivity index (χ0) is 8.20. The van der Waals surface area contributed by atoms with Gasteiger partial charge in [0.2, 0.25) is 6.43 Å². The van der Waals surface area contributed by atoms with Crippen LogP contribution in [0.1, 0.15) is 40.0 Å². The van der Waals surface area contributed by atoms with Crippen LogP contribution in [-0.2, 0) is 0 Å². The van der Waals surface area contributed by atoms with E-state index >= 15 is 0 Å². The summed E-state index contributed by atoms with van der Waals surface area (Å²) in [7, 11) is 0. The first-order valence-corrected chi connectivity index (χ1v) is 3.91. The average Bonchev–Trinajstić information content (AvgIpc) is 2.51. The van der Waals surface area contributed by atoms with E-state index in [-0.39, 0.29) is 11.8 Å². The molecule has 0 heterocycles. The van der Waals surface area contributed by atoms with E-state index < -0.39 is 6.43 Å². The maximum Gasteiger partial charge on any atom is 0.239 e. The summed E-state index contributed by atoms with van der Waals surface area (Å²) >= 11 is 0. The van der Waals surface area contributed by atoms with Crippen molar-refractivity contribution in [1.29, 1.82) is 0 Å². The second kappa shape index (κ2) is 3.89. The molecule has 1 saturated carbocycles. The highest BCUT2D eigenvalue weighted by Crippen LogP contribution is 2.49. The second-order valence-corrected chi connectivity index (χ2v) is 2.91. The Bertz CT molecular complexity index is 85.3. The number of hydrogen-bond acceptors (Lipinski definition) is 0. The van der Waals surface area contributed by atoms with Crippen LogP contribution in [-0.4, -0.2) is 6.43 Å². The van der Waals surface area contributed by atoms with Gasteiger partial charge in [-0.05, 0) is 18.3 Å². The third-order valence-electron chi connectivity index (χ3n) is 1.75. The molecule has 2 heteroatoms. The van der Waals surface area contributed by atoms with E-state index in [1.165, 1.54) is 0 Å². The quantitative estimate of drug-likeness (QED) is 0.565. The van der Waals surface area contributed by atoms with Gasteiger partial charge in [-0.2, -0.15) is 0 Å². The molecule has 0 atom stereocenters. The van der Waals surface area contributed by atoms with Gasteiger partial charge in [0.05, 0.1) is 0 Å². The lowest BCUT2D eigenvalue weighted by molar-refractivity contribution is 0.113. The third-order valence-corrected chi connectivity index (χ3v) is 1.75. The first kappa shape index (κ1) is 9.86. The Hall–Kier alpha value is -0.140. The fourth-order valence-electron chi connectivity index (χ4n) is 0.790. The molecule has 0 nitrogen and oxygen atoms in total. The lowest BCUT2D eigenvalue weighted by atomic mass is 10.1. The molecule has 10 heavy (non-hydrogen) atoms. The molecular weight excluding hydrogens is 134 g/mol. The Morgan fingerprint density at radius 3 is 1.80 bits per heavy atom. The Morgan fingerprint density at radius 2 is 1.70 bits per heavy atom. The highest BCUT2D eigenvalue weighted by Gasteiger charge is 2.39. The summed E-state index contributed by atoms with van der Waals surface area (Å²) in [6.45, 7) is 5.92. The van der Waals surface area contributed by atoms with Gasteiger partial charge in [-0.15, -0.1) is 0 Å². The van der Waals surface area contributed by atoms with Crippen LogP contribution in [0.5, 0.6) is 0 Å². The Kier molecular flexibility index (Phi) is 3.84. The van der Waals surface area contributed by atoms with Gasteiger partial charge in [-0.3, -0.25) is 0 Å². The van der Waals surface area contributed by atoms with Crippen molar-refractivity contribution in [3.63, 3.8) is 0 Å². The van der Waals surface area contributed by atoms with E-state index in [4.69, 9.17) is 0 Å². The normalized spacial score (nSPS) is 19.8. The van der Waals surface area contributed by atoms with Crippen LogP contribution in [0.25, 0.3) is 0 Å². The minimum absolute atomic E-state index is 0.0220. The summed E-state index contributed by atoms with van der Waals surface area (Å²) < 4.78 is 23.1. The van der Waals surface area contributed by atoms with Crippen molar-refractivity contribution in [3.8, 4) is 0 Å². The number of rotatable bonds is 2. The molecule has 0 bridgehead atoms. The predicted molar refractivity (Wildman–Crippen MR) is 39.3 cm³/mol.